The van der Waals surface area contributed by atoms with E-state index in [0.29, 0.717) is 12.1 Å². The summed E-state index contributed by atoms with van der Waals surface area (Å²) in [6.07, 6.45) is 0. The van der Waals surface area contributed by atoms with Gasteiger partial charge in [-0.15, -0.1) is 24.0 Å². The van der Waals surface area contributed by atoms with Crippen molar-refractivity contribution in [2.75, 3.05) is 33.8 Å². The number of guanidine groups is 1. The minimum Gasteiger partial charge on any atom is -0.377 e. The van der Waals surface area contributed by atoms with Crippen molar-refractivity contribution in [3.05, 3.63) is 0 Å². The van der Waals surface area contributed by atoms with Crippen LogP contribution in [0.25, 0.3) is 0 Å². The molecule has 21 heavy (non-hydrogen) atoms. The molecule has 0 bridgehead atoms. The highest BCUT2D eigenvalue weighted by Gasteiger charge is 2.17. The van der Waals surface area contributed by atoms with Gasteiger partial charge in [-0.3, -0.25) is 9.89 Å². The topological polar surface area (TPSA) is 48.9 Å². The molecule has 0 amide bonds. The summed E-state index contributed by atoms with van der Waals surface area (Å²) in [7, 11) is 3.51. The van der Waals surface area contributed by atoms with Gasteiger partial charge in [0, 0.05) is 45.9 Å². The minimum atomic E-state index is -0.195. The summed E-state index contributed by atoms with van der Waals surface area (Å²) in [5, 5.41) is 6.64. The third-order valence-corrected chi connectivity index (χ3v) is 3.45. The average molecular weight is 414 g/mol. The van der Waals surface area contributed by atoms with E-state index in [1.807, 2.05) is 13.8 Å². The van der Waals surface area contributed by atoms with E-state index < -0.39 is 0 Å². The number of hydrogen-bond acceptors (Lipinski definition) is 3. The predicted molar refractivity (Wildman–Crippen MR) is 103 cm³/mol. The quantitative estimate of drug-likeness (QED) is 0.364. The number of nitrogens with zero attached hydrogens (tertiary/aromatic N) is 2. The van der Waals surface area contributed by atoms with Crippen molar-refractivity contribution in [1.29, 1.82) is 0 Å². The van der Waals surface area contributed by atoms with Crippen LogP contribution in [0.1, 0.15) is 41.5 Å². The van der Waals surface area contributed by atoms with Crippen LogP contribution in [0.2, 0.25) is 0 Å². The van der Waals surface area contributed by atoms with Gasteiger partial charge >= 0.3 is 0 Å². The fourth-order valence-corrected chi connectivity index (χ4v) is 2.01. The first-order chi connectivity index (χ1) is 9.23. The van der Waals surface area contributed by atoms with Gasteiger partial charge in [-0.2, -0.15) is 0 Å². The molecular formula is C15H35IN4O. The normalized spacial score (nSPS) is 12.8. The zero-order valence-corrected chi connectivity index (χ0v) is 17.3. The van der Waals surface area contributed by atoms with Crippen LogP contribution in [0, 0.1) is 0 Å². The second kappa shape index (κ2) is 11.5. The second-order valence-corrected chi connectivity index (χ2v) is 6.24. The number of rotatable bonds is 8. The highest BCUT2D eigenvalue weighted by Crippen LogP contribution is 2.05. The molecule has 0 aromatic carbocycles. The number of halogens is 1. The molecule has 0 aliphatic heterocycles. The van der Waals surface area contributed by atoms with E-state index in [9.17, 15) is 0 Å². The highest BCUT2D eigenvalue weighted by atomic mass is 127. The van der Waals surface area contributed by atoms with Gasteiger partial charge in [0.15, 0.2) is 5.96 Å². The molecule has 6 heteroatoms. The number of ether oxygens (including phenoxy) is 1. The van der Waals surface area contributed by atoms with E-state index in [-0.39, 0.29) is 29.6 Å². The Morgan fingerprint density at radius 3 is 2.05 bits per heavy atom. The number of hydrogen-bond donors (Lipinski definition) is 2. The summed E-state index contributed by atoms with van der Waals surface area (Å²) in [5.41, 5.74) is -0.195. The van der Waals surface area contributed by atoms with Gasteiger partial charge in [0.2, 0.25) is 0 Å². The zero-order valence-electron chi connectivity index (χ0n) is 15.0. The Kier molecular flexibility index (Phi) is 12.7. The molecule has 0 heterocycles. The van der Waals surface area contributed by atoms with Crippen LogP contribution in [0.3, 0.4) is 0 Å². The third kappa shape index (κ3) is 10.3. The van der Waals surface area contributed by atoms with Crippen molar-refractivity contribution in [1.82, 2.24) is 15.5 Å². The van der Waals surface area contributed by atoms with Crippen LogP contribution in [0.4, 0.5) is 0 Å². The molecule has 128 valence electrons. The molecule has 0 radical (unpaired) electrons. The van der Waals surface area contributed by atoms with Gasteiger partial charge in [0.25, 0.3) is 0 Å². The first-order valence-corrected chi connectivity index (χ1v) is 7.49. The first-order valence-electron chi connectivity index (χ1n) is 7.49. The Labute approximate surface area is 148 Å². The first kappa shape index (κ1) is 23.2. The molecule has 0 aliphatic carbocycles. The maximum absolute atomic E-state index is 5.38. The number of nitrogens with one attached hydrogen (secondary N) is 2. The smallest absolute Gasteiger partial charge is 0.191 e. The lowest BCUT2D eigenvalue weighted by Crippen LogP contribution is -2.48. The van der Waals surface area contributed by atoms with Crippen LogP contribution in [0.15, 0.2) is 4.99 Å². The van der Waals surface area contributed by atoms with Gasteiger partial charge in [-0.05, 0) is 41.5 Å². The lowest BCUT2D eigenvalue weighted by atomic mass is 10.1. The number of methoxy groups -OCH3 is 1. The van der Waals surface area contributed by atoms with Gasteiger partial charge < -0.3 is 15.4 Å². The van der Waals surface area contributed by atoms with Crippen molar-refractivity contribution in [3.8, 4) is 0 Å². The fraction of sp³-hybridized carbons (Fsp3) is 0.933. The van der Waals surface area contributed by atoms with E-state index in [2.05, 4.69) is 48.2 Å². The molecule has 0 unspecified atom stereocenters. The van der Waals surface area contributed by atoms with Crippen LogP contribution in [-0.4, -0.2) is 62.3 Å². The molecular weight excluding hydrogens is 379 g/mol. The highest BCUT2D eigenvalue weighted by molar-refractivity contribution is 14.0. The summed E-state index contributed by atoms with van der Waals surface area (Å²) in [5.74, 6) is 0.822. The molecule has 0 saturated carbocycles. The molecule has 5 nitrogen and oxygen atoms in total. The van der Waals surface area contributed by atoms with Crippen LogP contribution >= 0.6 is 24.0 Å². The lowest BCUT2D eigenvalue weighted by Gasteiger charge is -2.31. The molecule has 2 N–H and O–H groups in total. The van der Waals surface area contributed by atoms with Gasteiger partial charge in [0.1, 0.15) is 0 Å². The summed E-state index contributed by atoms with van der Waals surface area (Å²) in [4.78, 5) is 6.69. The molecule has 0 spiro atoms. The molecule has 0 rings (SSSR count). The summed E-state index contributed by atoms with van der Waals surface area (Å²) >= 11 is 0. The van der Waals surface area contributed by atoms with Crippen LogP contribution in [-0.2, 0) is 4.74 Å². The van der Waals surface area contributed by atoms with Gasteiger partial charge in [-0.1, -0.05) is 0 Å². The summed E-state index contributed by atoms with van der Waals surface area (Å²) < 4.78 is 5.38. The van der Waals surface area contributed by atoms with Crippen molar-refractivity contribution in [2.24, 2.45) is 4.99 Å². The molecule has 0 atom stereocenters. The van der Waals surface area contributed by atoms with Gasteiger partial charge in [0.05, 0.1) is 5.60 Å². The Balaban J connectivity index is 0. The molecule has 0 aliphatic rings. The van der Waals surface area contributed by atoms with Crippen molar-refractivity contribution >= 4 is 29.9 Å². The third-order valence-electron chi connectivity index (χ3n) is 3.45. The molecule has 0 aromatic heterocycles. The van der Waals surface area contributed by atoms with Crippen LogP contribution in [0.5, 0.6) is 0 Å². The lowest BCUT2D eigenvalue weighted by molar-refractivity contribution is 0.0268. The monoisotopic (exact) mass is 414 g/mol. The Morgan fingerprint density at radius 1 is 1.14 bits per heavy atom. The van der Waals surface area contributed by atoms with E-state index >= 15 is 0 Å². The number of aliphatic imine (C=N–C) groups is 1. The largest absolute Gasteiger partial charge is 0.377 e. The van der Waals surface area contributed by atoms with Crippen molar-refractivity contribution in [2.45, 2.75) is 59.2 Å². The van der Waals surface area contributed by atoms with Gasteiger partial charge in [-0.25, -0.2) is 0 Å². The van der Waals surface area contributed by atoms with Crippen molar-refractivity contribution < 1.29 is 4.74 Å². The van der Waals surface area contributed by atoms with E-state index in [0.717, 1.165) is 25.6 Å². The molecule has 0 aromatic rings. The fourth-order valence-electron chi connectivity index (χ4n) is 2.01. The molecule has 0 saturated heterocycles. The summed E-state index contributed by atoms with van der Waals surface area (Å²) in [6, 6.07) is 1.11. The Morgan fingerprint density at radius 2 is 1.67 bits per heavy atom. The van der Waals surface area contributed by atoms with E-state index in [1.165, 1.54) is 0 Å². The average Bonchev–Trinajstić information content (AvgIpc) is 2.37. The SMILES string of the molecule is CN=C(NCCN(C(C)C)C(C)C)NCC(C)(C)OC.I. The van der Waals surface area contributed by atoms with Crippen molar-refractivity contribution in [3.63, 3.8) is 0 Å². The minimum absolute atomic E-state index is 0. The van der Waals surface area contributed by atoms with E-state index in [4.69, 9.17) is 4.74 Å². The maximum Gasteiger partial charge on any atom is 0.191 e. The second-order valence-electron chi connectivity index (χ2n) is 6.24. The Hall–Kier alpha value is -0.0800. The van der Waals surface area contributed by atoms with E-state index in [1.54, 1.807) is 14.2 Å². The predicted octanol–water partition coefficient (Wildman–Crippen LogP) is 2.31. The maximum atomic E-state index is 5.38. The van der Waals surface area contributed by atoms with Crippen LogP contribution < -0.4 is 10.6 Å². The zero-order chi connectivity index (χ0) is 15.8. The Bertz CT molecular complexity index is 285. The summed E-state index contributed by atoms with van der Waals surface area (Å²) in [6.45, 7) is 15.6. The molecule has 0 fully saturated rings. The standard InChI is InChI=1S/C15H34N4O.HI/c1-12(2)19(13(3)4)10-9-17-14(16-7)18-11-15(5,6)20-8;/h12-13H,9-11H2,1-8H3,(H2,16,17,18);1H.